The first-order valence-electron chi connectivity index (χ1n) is 9.93. The third-order valence-electron chi connectivity index (χ3n) is 5.58. The van der Waals surface area contributed by atoms with E-state index in [1.54, 1.807) is 0 Å². The van der Waals surface area contributed by atoms with Crippen molar-refractivity contribution >= 4 is 17.4 Å². The summed E-state index contributed by atoms with van der Waals surface area (Å²) < 4.78 is 0. The summed E-state index contributed by atoms with van der Waals surface area (Å²) in [4.78, 5) is 20.6. The smallest absolute Gasteiger partial charge is 0.321 e. The van der Waals surface area contributed by atoms with Gasteiger partial charge >= 0.3 is 6.03 Å². The molecule has 5 heteroatoms. The van der Waals surface area contributed by atoms with Crippen LogP contribution in [0.25, 0.3) is 5.70 Å². The molecule has 0 unspecified atom stereocenters. The van der Waals surface area contributed by atoms with Gasteiger partial charge in [-0.25, -0.2) is 4.79 Å². The lowest BCUT2D eigenvalue weighted by atomic mass is 9.90. The minimum atomic E-state index is -0.336. The molecule has 5 nitrogen and oxygen atoms in total. The summed E-state index contributed by atoms with van der Waals surface area (Å²) >= 11 is 0. The van der Waals surface area contributed by atoms with Crippen LogP contribution in [0.2, 0.25) is 0 Å². The van der Waals surface area contributed by atoms with Crippen molar-refractivity contribution in [1.29, 1.82) is 0 Å². The summed E-state index contributed by atoms with van der Waals surface area (Å²) in [6.45, 7) is 5.60. The van der Waals surface area contributed by atoms with Crippen LogP contribution in [0.15, 0.2) is 60.7 Å². The second-order valence-electron chi connectivity index (χ2n) is 7.85. The number of likely N-dealkylation sites (tertiary alicyclic amines) is 1. The number of carbonyl (C=O) groups is 1. The van der Waals surface area contributed by atoms with E-state index in [0.29, 0.717) is 19.0 Å². The maximum absolute atomic E-state index is 12.8. The molecule has 1 spiro atoms. The maximum Gasteiger partial charge on any atom is 0.321 e. The molecule has 1 saturated heterocycles. The molecule has 2 N–H and O–H groups in total. The number of hydrogen-bond donors (Lipinski definition) is 2. The van der Waals surface area contributed by atoms with Crippen LogP contribution < -0.4 is 10.8 Å². The number of amides is 2. The van der Waals surface area contributed by atoms with Crippen LogP contribution in [0.5, 0.6) is 0 Å². The topological polar surface area (TPSA) is 53.6 Å². The molecule has 2 heterocycles. The molecule has 28 heavy (non-hydrogen) atoms. The van der Waals surface area contributed by atoms with E-state index >= 15 is 0 Å². The highest BCUT2D eigenvalue weighted by Crippen LogP contribution is 2.35. The summed E-state index contributed by atoms with van der Waals surface area (Å²) in [5, 5.41) is 3.09. The van der Waals surface area contributed by atoms with Crippen molar-refractivity contribution in [3.05, 3.63) is 71.8 Å². The predicted octanol–water partition coefficient (Wildman–Crippen LogP) is 4.75. The average Bonchev–Trinajstić information content (AvgIpc) is 3.13. The number of carbonyl (C=O) groups excluding carboxylic acids is 1. The number of hydroxylamine groups is 1. The Hall–Kier alpha value is -2.79. The average molecular weight is 377 g/mol. The Bertz CT molecular complexity index is 868. The van der Waals surface area contributed by atoms with Gasteiger partial charge in [0.2, 0.25) is 0 Å². The summed E-state index contributed by atoms with van der Waals surface area (Å²) in [7, 11) is 0. The van der Waals surface area contributed by atoms with Crippen molar-refractivity contribution in [1.82, 2.24) is 10.4 Å². The van der Waals surface area contributed by atoms with Crippen molar-refractivity contribution in [3.8, 4) is 0 Å². The Balaban J connectivity index is 1.40. The molecule has 0 aliphatic carbocycles. The molecule has 4 rings (SSSR count). The van der Waals surface area contributed by atoms with Crippen LogP contribution in [0, 0.1) is 0 Å². The SMILES string of the molecule is CC(C)c1ccccc1NC(=O)N1CCC2(C=C(c3ccccc3)NO2)CC1. The Kier molecular flexibility index (Phi) is 5.09. The molecule has 146 valence electrons. The molecule has 1 fully saturated rings. The first-order chi connectivity index (χ1) is 13.6. The Morgan fingerprint density at radius 1 is 1.07 bits per heavy atom. The molecule has 2 aromatic carbocycles. The molecule has 2 aliphatic heterocycles. The maximum atomic E-state index is 12.8. The number of hydrogen-bond acceptors (Lipinski definition) is 3. The molecule has 2 amide bonds. The number of urea groups is 1. The fourth-order valence-electron chi connectivity index (χ4n) is 3.88. The van der Waals surface area contributed by atoms with E-state index in [-0.39, 0.29) is 11.6 Å². The van der Waals surface area contributed by atoms with E-state index in [0.717, 1.165) is 35.4 Å². The van der Waals surface area contributed by atoms with Crippen LogP contribution in [0.4, 0.5) is 10.5 Å². The van der Waals surface area contributed by atoms with Gasteiger partial charge in [-0.15, -0.1) is 0 Å². The van der Waals surface area contributed by atoms with Crippen LogP contribution in [0.3, 0.4) is 0 Å². The highest BCUT2D eigenvalue weighted by molar-refractivity contribution is 5.90. The molecule has 0 bridgehead atoms. The van der Waals surface area contributed by atoms with Crippen molar-refractivity contribution in [3.63, 3.8) is 0 Å². The minimum absolute atomic E-state index is 0.0406. The molecule has 0 saturated carbocycles. The van der Waals surface area contributed by atoms with Crippen LogP contribution in [-0.4, -0.2) is 29.6 Å². The van der Waals surface area contributed by atoms with Gasteiger partial charge in [0.05, 0.1) is 5.70 Å². The summed E-state index contributed by atoms with van der Waals surface area (Å²) in [6.07, 6.45) is 3.72. The van der Waals surface area contributed by atoms with Crippen LogP contribution >= 0.6 is 0 Å². The third-order valence-corrected chi connectivity index (χ3v) is 5.58. The summed E-state index contributed by atoms with van der Waals surface area (Å²) in [5.41, 5.74) is 6.92. The Morgan fingerprint density at radius 3 is 2.46 bits per heavy atom. The third kappa shape index (κ3) is 3.76. The number of rotatable bonds is 3. The number of anilines is 1. The summed E-state index contributed by atoms with van der Waals surface area (Å²) in [6, 6.07) is 18.1. The molecule has 0 radical (unpaired) electrons. The summed E-state index contributed by atoms with van der Waals surface area (Å²) in [5.74, 6) is 0.362. The zero-order chi connectivity index (χ0) is 19.6. The molecule has 2 aromatic rings. The molecule has 2 aliphatic rings. The molecular formula is C23H27N3O2. The number of para-hydroxylation sites is 1. The largest absolute Gasteiger partial charge is 0.324 e. The lowest BCUT2D eigenvalue weighted by Gasteiger charge is -2.36. The van der Waals surface area contributed by atoms with Gasteiger partial charge < -0.3 is 10.2 Å². The van der Waals surface area contributed by atoms with Crippen molar-refractivity contribution in [2.24, 2.45) is 0 Å². The van der Waals surface area contributed by atoms with Crippen molar-refractivity contribution in [2.45, 2.75) is 38.2 Å². The second kappa shape index (κ2) is 7.68. The normalized spacial score (nSPS) is 18.1. The van der Waals surface area contributed by atoms with E-state index in [2.05, 4.69) is 48.9 Å². The monoisotopic (exact) mass is 377 g/mol. The van der Waals surface area contributed by atoms with Gasteiger partial charge in [0.1, 0.15) is 5.60 Å². The standard InChI is InChI=1S/C23H27N3O2/c1-17(2)19-10-6-7-11-20(19)24-22(27)26-14-12-23(13-15-26)16-21(25-28-23)18-8-4-3-5-9-18/h3-11,16-17,25H,12-15H2,1-2H3,(H,24,27). The predicted molar refractivity (Wildman–Crippen MR) is 112 cm³/mol. The van der Waals surface area contributed by atoms with Crippen LogP contribution in [0.1, 0.15) is 43.7 Å². The quantitative estimate of drug-likeness (QED) is 0.811. The van der Waals surface area contributed by atoms with Gasteiger partial charge in [-0.05, 0) is 29.2 Å². The van der Waals surface area contributed by atoms with E-state index in [1.165, 1.54) is 0 Å². The zero-order valence-corrected chi connectivity index (χ0v) is 16.4. The van der Waals surface area contributed by atoms with Crippen molar-refractivity contribution < 1.29 is 9.63 Å². The van der Waals surface area contributed by atoms with E-state index < -0.39 is 0 Å². The van der Waals surface area contributed by atoms with Gasteiger partial charge in [0, 0.05) is 31.6 Å². The van der Waals surface area contributed by atoms with Crippen molar-refractivity contribution in [2.75, 3.05) is 18.4 Å². The van der Waals surface area contributed by atoms with Gasteiger partial charge in [-0.1, -0.05) is 62.4 Å². The highest BCUT2D eigenvalue weighted by atomic mass is 16.7. The van der Waals surface area contributed by atoms with Gasteiger partial charge in [-0.3, -0.25) is 10.3 Å². The van der Waals surface area contributed by atoms with Gasteiger partial charge in [-0.2, -0.15) is 0 Å². The number of nitrogens with zero attached hydrogens (tertiary/aromatic N) is 1. The fraction of sp³-hybridized carbons (Fsp3) is 0.348. The number of benzene rings is 2. The highest BCUT2D eigenvalue weighted by Gasteiger charge is 2.39. The Morgan fingerprint density at radius 2 is 1.75 bits per heavy atom. The fourth-order valence-corrected chi connectivity index (χ4v) is 3.88. The van der Waals surface area contributed by atoms with E-state index in [9.17, 15) is 4.79 Å². The lowest BCUT2D eigenvalue weighted by Crippen LogP contribution is -2.48. The Labute approximate surface area is 166 Å². The minimum Gasteiger partial charge on any atom is -0.324 e. The molecular weight excluding hydrogens is 350 g/mol. The van der Waals surface area contributed by atoms with Gasteiger partial charge in [0.25, 0.3) is 0 Å². The zero-order valence-electron chi connectivity index (χ0n) is 16.4. The van der Waals surface area contributed by atoms with E-state index in [4.69, 9.17) is 4.84 Å². The van der Waals surface area contributed by atoms with Gasteiger partial charge in [0.15, 0.2) is 0 Å². The number of piperidine rings is 1. The van der Waals surface area contributed by atoms with E-state index in [1.807, 2.05) is 41.3 Å². The van der Waals surface area contributed by atoms with Crippen LogP contribution in [-0.2, 0) is 4.84 Å². The second-order valence-corrected chi connectivity index (χ2v) is 7.85. The first kappa shape index (κ1) is 18.6. The number of nitrogens with one attached hydrogen (secondary N) is 2. The molecule has 0 atom stereocenters. The molecule has 0 aromatic heterocycles. The lowest BCUT2D eigenvalue weighted by molar-refractivity contribution is -0.0634. The first-order valence-corrected chi connectivity index (χ1v) is 9.93.